The molecule has 3 heterocycles. The van der Waals surface area contributed by atoms with Crippen molar-refractivity contribution in [1.82, 2.24) is 15.0 Å². The maximum absolute atomic E-state index is 13.5. The molecule has 2 unspecified atom stereocenters. The molecule has 6 rings (SSSR count). The number of halogens is 2. The number of aromatic nitrogens is 3. The zero-order valence-corrected chi connectivity index (χ0v) is 20.0. The summed E-state index contributed by atoms with van der Waals surface area (Å²) in [6, 6.07) is 6.08. The number of hydrogen-bond donors (Lipinski definition) is 2. The van der Waals surface area contributed by atoms with Crippen LogP contribution in [0.25, 0.3) is 22.4 Å². The van der Waals surface area contributed by atoms with Crippen molar-refractivity contribution in [2.75, 3.05) is 18.0 Å². The second kappa shape index (κ2) is 9.42. The molecule has 0 amide bonds. The van der Waals surface area contributed by atoms with Crippen LogP contribution in [0.1, 0.15) is 44.9 Å². The van der Waals surface area contributed by atoms with E-state index in [9.17, 15) is 13.6 Å². The van der Waals surface area contributed by atoms with Crippen LogP contribution in [0, 0.1) is 29.4 Å². The van der Waals surface area contributed by atoms with E-state index < -0.39 is 17.6 Å². The Morgan fingerprint density at radius 2 is 1.78 bits per heavy atom. The Morgan fingerprint density at radius 1 is 1.06 bits per heavy atom. The summed E-state index contributed by atoms with van der Waals surface area (Å²) >= 11 is 0. The topological polar surface area (TPSA) is 91.3 Å². The van der Waals surface area contributed by atoms with Gasteiger partial charge in [-0.15, -0.1) is 0 Å². The summed E-state index contributed by atoms with van der Waals surface area (Å²) in [5.41, 5.74) is 1.58. The van der Waals surface area contributed by atoms with E-state index in [2.05, 4.69) is 19.9 Å². The standard InChI is InChI=1S/C27H30F2N4O3/c28-21-12-23-24(13-22(21)29)32-27(31-23)16-1-2-25(30-14-16)33-5-3-19(4-6-33)36-20-10-17-7-15(9-26(34)35)8-18(17)11-20/h1-2,12-15,17-20H,3-11H2,(H,31,32)(H,34,35). The molecule has 1 aliphatic heterocycles. The number of carboxylic acids is 1. The molecule has 0 radical (unpaired) electrons. The van der Waals surface area contributed by atoms with E-state index in [1.165, 1.54) is 0 Å². The Labute approximate surface area is 207 Å². The zero-order valence-electron chi connectivity index (χ0n) is 20.0. The van der Waals surface area contributed by atoms with Gasteiger partial charge in [0.15, 0.2) is 11.6 Å². The molecule has 2 aliphatic carbocycles. The molecular weight excluding hydrogens is 466 g/mol. The van der Waals surface area contributed by atoms with Gasteiger partial charge >= 0.3 is 5.97 Å². The number of hydrogen-bond acceptors (Lipinski definition) is 5. The number of nitrogens with one attached hydrogen (secondary N) is 1. The number of aromatic amines is 1. The number of anilines is 1. The number of ether oxygens (including phenoxy) is 1. The van der Waals surface area contributed by atoms with Gasteiger partial charge in [-0.25, -0.2) is 18.7 Å². The molecule has 7 nitrogen and oxygen atoms in total. The lowest BCUT2D eigenvalue weighted by atomic mass is 9.99. The Kier molecular flexibility index (Phi) is 6.11. The lowest BCUT2D eigenvalue weighted by molar-refractivity contribution is -0.138. The summed E-state index contributed by atoms with van der Waals surface area (Å²) in [6.07, 6.45) is 8.76. The second-order valence-electron chi connectivity index (χ2n) is 10.6. The van der Waals surface area contributed by atoms with Crippen LogP contribution in [-0.4, -0.2) is 51.3 Å². The lowest BCUT2D eigenvalue weighted by Gasteiger charge is -2.34. The molecule has 2 N–H and O–H groups in total. The van der Waals surface area contributed by atoms with E-state index >= 15 is 0 Å². The molecule has 0 bridgehead atoms. The normalized spacial score (nSPS) is 26.6. The van der Waals surface area contributed by atoms with E-state index in [4.69, 9.17) is 9.84 Å². The Hall–Kier alpha value is -3.07. The summed E-state index contributed by atoms with van der Waals surface area (Å²) in [5, 5.41) is 9.06. The highest BCUT2D eigenvalue weighted by Crippen LogP contribution is 2.49. The Bertz CT molecular complexity index is 1200. The number of fused-ring (bicyclic) bond motifs is 2. The van der Waals surface area contributed by atoms with Crippen LogP contribution < -0.4 is 4.90 Å². The Morgan fingerprint density at radius 3 is 2.44 bits per heavy atom. The Balaban J connectivity index is 1.01. The second-order valence-corrected chi connectivity index (χ2v) is 10.6. The van der Waals surface area contributed by atoms with Crippen LogP contribution in [0.15, 0.2) is 30.5 Å². The van der Waals surface area contributed by atoms with Crippen LogP contribution in [0.2, 0.25) is 0 Å². The van der Waals surface area contributed by atoms with Crippen molar-refractivity contribution < 1.29 is 23.4 Å². The fraction of sp³-hybridized carbons (Fsp3) is 0.519. The van der Waals surface area contributed by atoms with Gasteiger partial charge in [0.25, 0.3) is 0 Å². The molecule has 9 heteroatoms. The maximum atomic E-state index is 13.5. The molecule has 1 saturated heterocycles. The maximum Gasteiger partial charge on any atom is 0.303 e. The van der Waals surface area contributed by atoms with Crippen molar-refractivity contribution in [3.8, 4) is 11.4 Å². The van der Waals surface area contributed by atoms with Crippen LogP contribution in [0.3, 0.4) is 0 Å². The van der Waals surface area contributed by atoms with Crippen molar-refractivity contribution in [2.45, 2.75) is 57.2 Å². The van der Waals surface area contributed by atoms with Gasteiger partial charge in [-0.2, -0.15) is 0 Å². The highest BCUT2D eigenvalue weighted by molar-refractivity contribution is 5.79. The number of imidazole rings is 1. The highest BCUT2D eigenvalue weighted by Gasteiger charge is 2.43. The zero-order chi connectivity index (χ0) is 24.8. The number of pyridine rings is 1. The van der Waals surface area contributed by atoms with Gasteiger partial charge in [0, 0.05) is 43.4 Å². The van der Waals surface area contributed by atoms with Crippen LogP contribution in [-0.2, 0) is 9.53 Å². The third-order valence-corrected chi connectivity index (χ3v) is 8.23. The molecule has 3 aliphatic rings. The van der Waals surface area contributed by atoms with Crippen molar-refractivity contribution >= 4 is 22.8 Å². The third-order valence-electron chi connectivity index (χ3n) is 8.23. The summed E-state index contributed by atoms with van der Waals surface area (Å²) < 4.78 is 33.5. The van der Waals surface area contributed by atoms with E-state index in [1.54, 1.807) is 6.20 Å². The predicted molar refractivity (Wildman–Crippen MR) is 131 cm³/mol. The van der Waals surface area contributed by atoms with Gasteiger partial charge in [-0.1, -0.05) is 0 Å². The lowest BCUT2D eigenvalue weighted by Crippen LogP contribution is -2.38. The quantitative estimate of drug-likeness (QED) is 0.489. The first kappa shape index (κ1) is 23.3. The molecule has 0 spiro atoms. The fourth-order valence-corrected chi connectivity index (χ4v) is 6.56. The minimum Gasteiger partial charge on any atom is -0.481 e. The molecule has 2 aromatic heterocycles. The number of carbonyl (C=O) groups is 1. The first-order valence-corrected chi connectivity index (χ1v) is 12.8. The fourth-order valence-electron chi connectivity index (χ4n) is 6.56. The largest absolute Gasteiger partial charge is 0.481 e. The average Bonchev–Trinajstić information content (AvgIpc) is 3.53. The molecule has 190 valence electrons. The number of piperidine rings is 1. The molecule has 3 aromatic rings. The van der Waals surface area contributed by atoms with Gasteiger partial charge in [-0.3, -0.25) is 4.79 Å². The number of benzene rings is 1. The van der Waals surface area contributed by atoms with E-state index in [0.717, 1.165) is 75.1 Å². The molecule has 2 atom stereocenters. The monoisotopic (exact) mass is 496 g/mol. The summed E-state index contributed by atoms with van der Waals surface area (Å²) in [5.74, 6) is 0.534. The summed E-state index contributed by atoms with van der Waals surface area (Å²) in [7, 11) is 0. The average molecular weight is 497 g/mol. The van der Waals surface area contributed by atoms with Crippen molar-refractivity contribution in [1.29, 1.82) is 0 Å². The molecule has 1 aromatic carbocycles. The molecule has 3 fully saturated rings. The van der Waals surface area contributed by atoms with Crippen molar-refractivity contribution in [2.24, 2.45) is 17.8 Å². The summed E-state index contributed by atoms with van der Waals surface area (Å²) in [6.45, 7) is 1.75. The first-order chi connectivity index (χ1) is 17.4. The van der Waals surface area contributed by atoms with Gasteiger partial charge < -0.3 is 19.7 Å². The number of nitrogens with zero attached hydrogens (tertiary/aromatic N) is 3. The van der Waals surface area contributed by atoms with Crippen molar-refractivity contribution in [3.05, 3.63) is 42.1 Å². The van der Waals surface area contributed by atoms with E-state index in [-0.39, 0.29) is 6.10 Å². The number of rotatable bonds is 6. The predicted octanol–water partition coefficient (Wildman–Crippen LogP) is 5.17. The number of H-pyrrole nitrogens is 1. The minimum atomic E-state index is -0.915. The first-order valence-electron chi connectivity index (χ1n) is 12.8. The molecule has 2 saturated carbocycles. The molecule has 36 heavy (non-hydrogen) atoms. The minimum absolute atomic E-state index is 0.260. The smallest absolute Gasteiger partial charge is 0.303 e. The van der Waals surface area contributed by atoms with Gasteiger partial charge in [0.2, 0.25) is 0 Å². The van der Waals surface area contributed by atoms with E-state index in [0.29, 0.717) is 47.1 Å². The van der Waals surface area contributed by atoms with Crippen LogP contribution >= 0.6 is 0 Å². The van der Waals surface area contributed by atoms with Gasteiger partial charge in [0.1, 0.15) is 11.6 Å². The number of carboxylic acid groups (broad SMARTS) is 1. The van der Waals surface area contributed by atoms with E-state index in [1.807, 2.05) is 12.1 Å². The molecular formula is C27H30F2N4O3. The van der Waals surface area contributed by atoms with Gasteiger partial charge in [-0.05, 0) is 68.4 Å². The highest BCUT2D eigenvalue weighted by atomic mass is 19.2. The number of aliphatic carboxylic acids is 1. The SMILES string of the molecule is O=C(O)CC1CC2CC(OC3CCN(c4ccc(-c5nc6cc(F)c(F)cc6[nH]5)cn4)CC3)CC2C1. The summed E-state index contributed by atoms with van der Waals surface area (Å²) in [4.78, 5) is 25.3. The van der Waals surface area contributed by atoms with Crippen molar-refractivity contribution in [3.63, 3.8) is 0 Å². The third kappa shape index (κ3) is 4.68. The van der Waals surface area contributed by atoms with Crippen LogP contribution in [0.5, 0.6) is 0 Å². The van der Waals surface area contributed by atoms with Gasteiger partial charge in [0.05, 0.1) is 23.2 Å². The van der Waals surface area contributed by atoms with Crippen LogP contribution in [0.4, 0.5) is 14.6 Å².